The Labute approximate surface area is 196 Å². The molecule has 1 amide bonds. The number of aryl methyl sites for hydroxylation is 1. The molecule has 0 fully saturated rings. The predicted octanol–water partition coefficient (Wildman–Crippen LogP) is 4.38. The molecule has 1 aromatic heterocycles. The number of rotatable bonds is 6. The minimum Gasteiger partial charge on any atom is -0.360 e. The smallest absolute Gasteiger partial charge is 0.268 e. The van der Waals surface area contributed by atoms with Gasteiger partial charge in [-0.15, -0.1) is 0 Å². The van der Waals surface area contributed by atoms with Gasteiger partial charge < -0.3 is 15.0 Å². The summed E-state index contributed by atoms with van der Waals surface area (Å²) in [6, 6.07) is 14.3. The number of carbonyl (C=O) groups excluding carboxylic acids is 1. The fourth-order valence-electron chi connectivity index (χ4n) is 4.54. The van der Waals surface area contributed by atoms with E-state index in [-0.39, 0.29) is 5.91 Å². The van der Waals surface area contributed by atoms with Crippen LogP contribution in [0.2, 0.25) is 0 Å². The highest BCUT2D eigenvalue weighted by atomic mass is 19.3. The van der Waals surface area contributed by atoms with Crippen molar-refractivity contribution < 1.29 is 18.3 Å². The fraction of sp³-hybridized carbons (Fsp3) is 0.308. The maximum atomic E-state index is 13.4. The molecule has 0 bridgehead atoms. The van der Waals surface area contributed by atoms with Gasteiger partial charge in [-0.1, -0.05) is 30.3 Å². The summed E-state index contributed by atoms with van der Waals surface area (Å²) in [5, 5.41) is 8.44. The molecule has 3 heterocycles. The average Bonchev–Trinajstić information content (AvgIpc) is 3.31. The molecule has 176 valence electrons. The standard InChI is InChI=1S/C26H26F2N4O2/c1-25(27,28)16-34-26(2)23-20(10-11-29-26)15-32(24(23)33)13-17-4-6-18(7-5-17)19-8-9-22-21(12-19)14-31(3)30-22/h4-12,14,29H,13,15-16H2,1-3H3. The van der Waals surface area contributed by atoms with E-state index in [0.717, 1.165) is 40.1 Å². The van der Waals surface area contributed by atoms with Gasteiger partial charge in [0, 0.05) is 38.6 Å². The van der Waals surface area contributed by atoms with Crippen molar-refractivity contribution in [2.45, 2.75) is 32.0 Å². The molecule has 8 heteroatoms. The number of nitrogens with one attached hydrogen (secondary N) is 1. The summed E-state index contributed by atoms with van der Waals surface area (Å²) in [6.45, 7) is 2.47. The highest BCUT2D eigenvalue weighted by Crippen LogP contribution is 2.35. The number of dihydropyridines is 1. The molecule has 2 aliphatic rings. The van der Waals surface area contributed by atoms with E-state index in [4.69, 9.17) is 4.74 Å². The first-order valence-electron chi connectivity index (χ1n) is 11.1. The Balaban J connectivity index is 1.30. The van der Waals surface area contributed by atoms with Gasteiger partial charge >= 0.3 is 0 Å². The van der Waals surface area contributed by atoms with E-state index >= 15 is 0 Å². The van der Waals surface area contributed by atoms with Gasteiger partial charge in [0.25, 0.3) is 11.8 Å². The first kappa shape index (κ1) is 22.3. The Morgan fingerprint density at radius 2 is 1.91 bits per heavy atom. The van der Waals surface area contributed by atoms with E-state index in [1.165, 1.54) is 0 Å². The first-order chi connectivity index (χ1) is 16.1. The van der Waals surface area contributed by atoms with Crippen molar-refractivity contribution in [3.63, 3.8) is 0 Å². The van der Waals surface area contributed by atoms with E-state index in [9.17, 15) is 13.6 Å². The molecule has 0 radical (unpaired) electrons. The molecule has 1 unspecified atom stereocenters. The summed E-state index contributed by atoms with van der Waals surface area (Å²) >= 11 is 0. The number of hydrogen-bond acceptors (Lipinski definition) is 4. The Morgan fingerprint density at radius 3 is 2.65 bits per heavy atom. The monoisotopic (exact) mass is 464 g/mol. The van der Waals surface area contributed by atoms with Gasteiger partial charge in [0.15, 0.2) is 5.72 Å². The van der Waals surface area contributed by atoms with Gasteiger partial charge in [-0.05, 0) is 53.6 Å². The highest BCUT2D eigenvalue weighted by Gasteiger charge is 2.45. The molecule has 0 aliphatic carbocycles. The van der Waals surface area contributed by atoms with Gasteiger partial charge in [-0.3, -0.25) is 9.48 Å². The normalized spacial score (nSPS) is 20.3. The molecule has 6 nitrogen and oxygen atoms in total. The van der Waals surface area contributed by atoms with Crippen molar-refractivity contribution in [1.82, 2.24) is 20.0 Å². The van der Waals surface area contributed by atoms with Crippen LogP contribution in [0.1, 0.15) is 19.4 Å². The zero-order valence-electron chi connectivity index (χ0n) is 19.3. The molecule has 2 aromatic carbocycles. The highest BCUT2D eigenvalue weighted by molar-refractivity contribution is 6.00. The summed E-state index contributed by atoms with van der Waals surface area (Å²) < 4.78 is 34.1. The number of nitrogens with zero attached hydrogens (tertiary/aromatic N) is 3. The number of fused-ring (bicyclic) bond motifs is 1. The molecule has 2 aliphatic heterocycles. The lowest BCUT2D eigenvalue weighted by atomic mass is 9.97. The third-order valence-electron chi connectivity index (χ3n) is 6.20. The largest absolute Gasteiger partial charge is 0.360 e. The molecule has 1 N–H and O–H groups in total. The van der Waals surface area contributed by atoms with E-state index in [1.807, 2.05) is 49.6 Å². The molecule has 3 aromatic rings. The second-order valence-corrected chi connectivity index (χ2v) is 9.20. The summed E-state index contributed by atoms with van der Waals surface area (Å²) in [6.07, 6.45) is 5.45. The summed E-state index contributed by atoms with van der Waals surface area (Å²) in [4.78, 5) is 14.9. The summed E-state index contributed by atoms with van der Waals surface area (Å²) in [7, 11) is 1.90. The maximum absolute atomic E-state index is 13.4. The van der Waals surface area contributed by atoms with Crippen LogP contribution in [0.3, 0.4) is 0 Å². The number of ether oxygens (including phenoxy) is 1. The molecule has 34 heavy (non-hydrogen) atoms. The van der Waals surface area contributed by atoms with Crippen LogP contribution in [-0.4, -0.2) is 45.4 Å². The lowest BCUT2D eigenvalue weighted by molar-refractivity contribution is -0.137. The molecule has 5 rings (SSSR count). The average molecular weight is 465 g/mol. The number of alkyl halides is 2. The molecule has 1 atom stereocenters. The zero-order valence-corrected chi connectivity index (χ0v) is 19.3. The van der Waals surface area contributed by atoms with Crippen LogP contribution < -0.4 is 5.32 Å². The number of halogens is 2. The van der Waals surface area contributed by atoms with Crippen molar-refractivity contribution in [1.29, 1.82) is 0 Å². The number of amides is 1. The lowest BCUT2D eigenvalue weighted by Crippen LogP contribution is -2.49. The van der Waals surface area contributed by atoms with Crippen LogP contribution in [0, 0.1) is 0 Å². The molecule has 0 saturated carbocycles. The number of benzene rings is 2. The van der Waals surface area contributed by atoms with Crippen molar-refractivity contribution in [3.05, 3.63) is 77.6 Å². The molecule has 0 saturated heterocycles. The van der Waals surface area contributed by atoms with Crippen LogP contribution in [0.4, 0.5) is 8.78 Å². The van der Waals surface area contributed by atoms with Crippen LogP contribution in [-0.2, 0) is 23.1 Å². The molecular formula is C26H26F2N4O2. The van der Waals surface area contributed by atoms with E-state index in [0.29, 0.717) is 18.7 Å². The second kappa shape index (κ2) is 8.06. The van der Waals surface area contributed by atoms with E-state index < -0.39 is 18.3 Å². The van der Waals surface area contributed by atoms with Crippen LogP contribution in [0.5, 0.6) is 0 Å². The first-order valence-corrected chi connectivity index (χ1v) is 11.1. The van der Waals surface area contributed by atoms with Gasteiger partial charge in [0.1, 0.15) is 6.61 Å². The Morgan fingerprint density at radius 1 is 1.18 bits per heavy atom. The number of hydrogen-bond donors (Lipinski definition) is 1. The molecular weight excluding hydrogens is 438 g/mol. The fourth-order valence-corrected chi connectivity index (χ4v) is 4.54. The van der Waals surface area contributed by atoms with E-state index in [2.05, 4.69) is 16.5 Å². The minimum atomic E-state index is -2.99. The van der Waals surface area contributed by atoms with Crippen molar-refractivity contribution >= 4 is 16.8 Å². The van der Waals surface area contributed by atoms with Gasteiger partial charge in [-0.25, -0.2) is 8.78 Å². The zero-order chi connectivity index (χ0) is 24.1. The lowest BCUT2D eigenvalue weighted by Gasteiger charge is -2.34. The summed E-state index contributed by atoms with van der Waals surface area (Å²) in [5.74, 6) is -3.20. The molecule has 0 spiro atoms. The van der Waals surface area contributed by atoms with Gasteiger partial charge in [0.05, 0.1) is 11.1 Å². The van der Waals surface area contributed by atoms with Crippen molar-refractivity contribution in [3.8, 4) is 11.1 Å². The third-order valence-corrected chi connectivity index (χ3v) is 6.20. The Hall–Kier alpha value is -3.52. The van der Waals surface area contributed by atoms with Gasteiger partial charge in [0.2, 0.25) is 0 Å². The predicted molar refractivity (Wildman–Crippen MR) is 126 cm³/mol. The topological polar surface area (TPSA) is 59.4 Å². The van der Waals surface area contributed by atoms with E-state index in [1.54, 1.807) is 28.8 Å². The van der Waals surface area contributed by atoms with Gasteiger partial charge in [-0.2, -0.15) is 5.10 Å². The van der Waals surface area contributed by atoms with Crippen LogP contribution >= 0.6 is 0 Å². The van der Waals surface area contributed by atoms with Crippen molar-refractivity contribution in [2.24, 2.45) is 7.05 Å². The SMILES string of the molecule is Cn1cc2cc(-c3ccc(CN4CC5=C(C4=O)C(C)(OCC(C)(F)F)NC=C5)cc3)ccc2n1. The third kappa shape index (κ3) is 4.21. The maximum Gasteiger partial charge on any atom is 0.268 e. The Bertz CT molecular complexity index is 1320. The van der Waals surface area contributed by atoms with Crippen molar-refractivity contribution in [2.75, 3.05) is 13.2 Å². The minimum absolute atomic E-state index is 0.208. The second-order valence-electron chi connectivity index (χ2n) is 9.20. The number of aromatic nitrogens is 2. The quantitative estimate of drug-likeness (QED) is 0.588. The summed E-state index contributed by atoms with van der Waals surface area (Å²) in [5.41, 5.74) is 4.00. The van der Waals surface area contributed by atoms with Crippen LogP contribution in [0.25, 0.3) is 22.0 Å². The van der Waals surface area contributed by atoms with Crippen LogP contribution in [0.15, 0.2) is 72.1 Å². The number of carbonyl (C=O) groups is 1. The Kier molecular flexibility index (Phi) is 5.28.